The van der Waals surface area contributed by atoms with Crippen LogP contribution in [-0.2, 0) is 14.4 Å². The predicted octanol–water partition coefficient (Wildman–Crippen LogP) is 3.49. The average molecular weight is 514 g/mol. The molecule has 196 valence electrons. The number of carboxylic acid groups (broad SMARTS) is 1. The Morgan fingerprint density at radius 2 is 1.43 bits per heavy atom. The molecule has 0 bridgehead atoms. The fraction of sp³-hybridized carbons (Fsp3) is 0.407. The quantitative estimate of drug-likeness (QED) is 0.590. The maximum Gasteiger partial charge on any atom is 0.305 e. The van der Waals surface area contributed by atoms with Crippen molar-refractivity contribution in [1.29, 1.82) is 0 Å². The highest BCUT2D eigenvalue weighted by molar-refractivity contribution is 5.99. The Hall–Kier alpha value is -3.82. The molecule has 2 N–H and O–H groups in total. The van der Waals surface area contributed by atoms with Gasteiger partial charge in [-0.05, 0) is 54.8 Å². The molecule has 8 nitrogen and oxygen atoms in total. The van der Waals surface area contributed by atoms with Crippen LogP contribution in [-0.4, -0.2) is 57.9 Å². The van der Waals surface area contributed by atoms with Crippen molar-refractivity contribution in [3.05, 3.63) is 71.3 Å². The number of carbonyl (C=O) groups is 4. The minimum atomic E-state index is -1.30. The lowest BCUT2D eigenvalue weighted by Crippen LogP contribution is -2.55. The highest BCUT2D eigenvalue weighted by atomic mass is 19.1. The van der Waals surface area contributed by atoms with Crippen molar-refractivity contribution in [3.8, 4) is 0 Å². The zero-order valence-electron chi connectivity index (χ0n) is 20.2. The molecule has 2 aliphatic rings. The first-order valence-electron chi connectivity index (χ1n) is 12.4. The minimum absolute atomic E-state index is 0.0902. The van der Waals surface area contributed by atoms with Gasteiger partial charge in [0, 0.05) is 24.6 Å². The molecule has 2 aromatic rings. The van der Waals surface area contributed by atoms with Crippen LogP contribution < -0.4 is 5.32 Å². The van der Waals surface area contributed by atoms with Gasteiger partial charge in [0.1, 0.15) is 11.6 Å². The molecule has 0 radical (unpaired) electrons. The van der Waals surface area contributed by atoms with Crippen molar-refractivity contribution in [2.24, 2.45) is 5.92 Å². The van der Waals surface area contributed by atoms with Gasteiger partial charge in [0.15, 0.2) is 6.17 Å². The molecular formula is C27H29F2N3O5. The SMILES string of the molecule is O=C(O)CC(NC(=O)C1N(C(=O)c2ccc(F)cc2)CCN1C(=O)C1CCCCC1)c1ccc(F)cc1. The summed E-state index contributed by atoms with van der Waals surface area (Å²) in [4.78, 5) is 54.6. The lowest BCUT2D eigenvalue weighted by Gasteiger charge is -2.33. The number of benzene rings is 2. The van der Waals surface area contributed by atoms with Crippen molar-refractivity contribution >= 4 is 23.7 Å². The van der Waals surface area contributed by atoms with Crippen LogP contribution in [0.25, 0.3) is 0 Å². The van der Waals surface area contributed by atoms with Crippen molar-refractivity contribution < 1.29 is 33.1 Å². The van der Waals surface area contributed by atoms with Crippen LogP contribution in [0.15, 0.2) is 48.5 Å². The Bertz CT molecular complexity index is 1150. The van der Waals surface area contributed by atoms with Gasteiger partial charge in [-0.1, -0.05) is 31.4 Å². The number of hydrogen-bond acceptors (Lipinski definition) is 4. The zero-order chi connectivity index (χ0) is 26.5. The van der Waals surface area contributed by atoms with Crippen LogP contribution >= 0.6 is 0 Å². The Morgan fingerprint density at radius 1 is 0.865 bits per heavy atom. The summed E-state index contributed by atoms with van der Waals surface area (Å²) in [7, 11) is 0. The minimum Gasteiger partial charge on any atom is -0.481 e. The standard InChI is InChI=1S/C27H29F2N3O5/c28-20-10-6-17(7-11-20)22(16-23(33)34)30-24(35)25-31(26(36)18-4-2-1-3-5-18)14-15-32(25)27(37)19-8-12-21(29)13-9-19/h6-13,18,22,25H,1-5,14-16H2,(H,30,35)(H,33,34). The number of hydrogen-bond donors (Lipinski definition) is 2. The zero-order valence-corrected chi connectivity index (χ0v) is 20.2. The van der Waals surface area contributed by atoms with E-state index in [1.54, 1.807) is 0 Å². The van der Waals surface area contributed by atoms with E-state index in [0.717, 1.165) is 43.5 Å². The molecule has 1 aliphatic carbocycles. The first-order chi connectivity index (χ1) is 17.7. The average Bonchev–Trinajstić information content (AvgIpc) is 3.34. The highest BCUT2D eigenvalue weighted by Crippen LogP contribution is 2.29. The van der Waals surface area contributed by atoms with E-state index in [1.165, 1.54) is 34.1 Å². The lowest BCUT2D eigenvalue weighted by molar-refractivity contribution is -0.145. The third-order valence-corrected chi connectivity index (χ3v) is 6.96. The van der Waals surface area contributed by atoms with Crippen molar-refractivity contribution in [1.82, 2.24) is 15.1 Å². The maximum atomic E-state index is 13.6. The Kier molecular flexibility index (Phi) is 8.15. The molecule has 0 spiro atoms. The van der Waals surface area contributed by atoms with E-state index in [4.69, 9.17) is 0 Å². The number of carbonyl (C=O) groups excluding carboxylic acids is 3. The number of amides is 3. The Labute approximate surface area is 213 Å². The highest BCUT2D eigenvalue weighted by Gasteiger charge is 2.45. The summed E-state index contributed by atoms with van der Waals surface area (Å²) in [5.74, 6) is -3.95. The predicted molar refractivity (Wildman–Crippen MR) is 129 cm³/mol. The molecule has 1 heterocycles. The molecule has 1 saturated carbocycles. The lowest BCUT2D eigenvalue weighted by atomic mass is 9.88. The van der Waals surface area contributed by atoms with Crippen LogP contribution in [0.4, 0.5) is 8.78 Å². The van der Waals surface area contributed by atoms with E-state index in [0.29, 0.717) is 18.4 Å². The molecule has 1 saturated heterocycles. The normalized spacial score (nSPS) is 18.9. The molecule has 2 aromatic carbocycles. The van der Waals surface area contributed by atoms with Gasteiger partial charge < -0.3 is 20.2 Å². The van der Waals surface area contributed by atoms with Crippen LogP contribution in [0.5, 0.6) is 0 Å². The smallest absolute Gasteiger partial charge is 0.305 e. The second kappa shape index (κ2) is 11.5. The summed E-state index contributed by atoms with van der Waals surface area (Å²) in [6, 6.07) is 8.97. The summed E-state index contributed by atoms with van der Waals surface area (Å²) in [6.07, 6.45) is 2.47. The summed E-state index contributed by atoms with van der Waals surface area (Å²) in [6.45, 7) is 0.230. The Balaban J connectivity index is 1.63. The van der Waals surface area contributed by atoms with E-state index in [-0.39, 0.29) is 30.5 Å². The molecule has 2 fully saturated rings. The third kappa shape index (κ3) is 6.12. The molecule has 10 heteroatoms. The number of carboxylic acids is 1. The van der Waals surface area contributed by atoms with E-state index in [1.807, 2.05) is 0 Å². The number of nitrogens with one attached hydrogen (secondary N) is 1. The van der Waals surface area contributed by atoms with E-state index >= 15 is 0 Å². The molecule has 0 aromatic heterocycles. The summed E-state index contributed by atoms with van der Waals surface area (Å²) < 4.78 is 26.9. The maximum absolute atomic E-state index is 13.6. The second-order valence-corrected chi connectivity index (χ2v) is 9.46. The first-order valence-corrected chi connectivity index (χ1v) is 12.4. The molecular weight excluding hydrogens is 484 g/mol. The number of nitrogens with zero attached hydrogens (tertiary/aromatic N) is 2. The molecule has 37 heavy (non-hydrogen) atoms. The van der Waals surface area contributed by atoms with E-state index in [2.05, 4.69) is 5.32 Å². The summed E-state index contributed by atoms with van der Waals surface area (Å²) in [5.41, 5.74) is 0.531. The number of aliphatic carboxylic acids is 1. The fourth-order valence-corrected chi connectivity index (χ4v) is 5.07. The largest absolute Gasteiger partial charge is 0.481 e. The van der Waals surface area contributed by atoms with Crippen molar-refractivity contribution in [3.63, 3.8) is 0 Å². The number of halogens is 2. The number of rotatable bonds is 7. The fourth-order valence-electron chi connectivity index (χ4n) is 5.07. The van der Waals surface area contributed by atoms with Crippen molar-refractivity contribution in [2.45, 2.75) is 50.7 Å². The van der Waals surface area contributed by atoms with Gasteiger partial charge in [0.2, 0.25) is 5.91 Å². The van der Waals surface area contributed by atoms with Gasteiger partial charge in [0.05, 0.1) is 12.5 Å². The molecule has 2 unspecified atom stereocenters. The van der Waals surface area contributed by atoms with Gasteiger partial charge >= 0.3 is 5.97 Å². The van der Waals surface area contributed by atoms with Gasteiger partial charge in [-0.25, -0.2) is 8.78 Å². The van der Waals surface area contributed by atoms with Gasteiger partial charge in [0.25, 0.3) is 11.8 Å². The summed E-state index contributed by atoms with van der Waals surface area (Å²) in [5, 5.41) is 12.1. The molecule has 2 atom stereocenters. The van der Waals surface area contributed by atoms with Crippen LogP contribution in [0.3, 0.4) is 0 Å². The Morgan fingerprint density at radius 3 is 2.03 bits per heavy atom. The van der Waals surface area contributed by atoms with Crippen molar-refractivity contribution in [2.75, 3.05) is 13.1 Å². The summed E-state index contributed by atoms with van der Waals surface area (Å²) >= 11 is 0. The molecule has 4 rings (SSSR count). The van der Waals surface area contributed by atoms with Gasteiger partial charge in [-0.15, -0.1) is 0 Å². The van der Waals surface area contributed by atoms with Gasteiger partial charge in [-0.3, -0.25) is 19.2 Å². The monoisotopic (exact) mass is 513 g/mol. The topological polar surface area (TPSA) is 107 Å². The van der Waals surface area contributed by atoms with E-state index < -0.39 is 48.0 Å². The first kappa shape index (κ1) is 26.2. The van der Waals surface area contributed by atoms with E-state index in [9.17, 15) is 33.1 Å². The van der Waals surface area contributed by atoms with Crippen LogP contribution in [0.2, 0.25) is 0 Å². The second-order valence-electron chi connectivity index (χ2n) is 9.46. The van der Waals surface area contributed by atoms with Gasteiger partial charge in [-0.2, -0.15) is 0 Å². The van der Waals surface area contributed by atoms with Crippen LogP contribution in [0.1, 0.15) is 60.5 Å². The van der Waals surface area contributed by atoms with Crippen LogP contribution in [0, 0.1) is 17.6 Å². The third-order valence-electron chi connectivity index (χ3n) is 6.96. The molecule has 3 amide bonds. The molecule has 1 aliphatic heterocycles.